The summed E-state index contributed by atoms with van der Waals surface area (Å²) < 4.78 is 5.73. The fourth-order valence-electron chi connectivity index (χ4n) is 2.52. The van der Waals surface area contributed by atoms with Crippen LogP contribution >= 0.6 is 0 Å². The van der Waals surface area contributed by atoms with E-state index in [4.69, 9.17) is 9.73 Å². The van der Waals surface area contributed by atoms with Crippen LogP contribution < -0.4 is 0 Å². The van der Waals surface area contributed by atoms with Gasteiger partial charge in [-0.2, -0.15) is 0 Å². The Morgan fingerprint density at radius 3 is 2.00 bits per heavy atom. The molecule has 0 radical (unpaired) electrons. The number of hydrogen-bond donors (Lipinski definition) is 0. The van der Waals surface area contributed by atoms with E-state index in [0.29, 0.717) is 0 Å². The van der Waals surface area contributed by atoms with Crippen LogP contribution in [0.15, 0.2) is 4.99 Å². The first-order valence-corrected chi connectivity index (χ1v) is 7.48. The quantitative estimate of drug-likeness (QED) is 0.533. The molecule has 0 aromatic carbocycles. The minimum Gasteiger partial charge on any atom is -0.478 e. The van der Waals surface area contributed by atoms with Crippen LogP contribution in [0.1, 0.15) is 78.6 Å². The van der Waals surface area contributed by atoms with Gasteiger partial charge in [-0.25, -0.2) is 4.99 Å². The molecule has 0 aliphatic carbocycles. The van der Waals surface area contributed by atoms with Gasteiger partial charge in [-0.3, -0.25) is 0 Å². The molecule has 1 heterocycles. The van der Waals surface area contributed by atoms with Crippen molar-refractivity contribution in [3.63, 3.8) is 0 Å². The molecule has 2 heteroatoms. The molecule has 0 saturated carbocycles. The van der Waals surface area contributed by atoms with E-state index in [-0.39, 0.29) is 5.54 Å². The van der Waals surface area contributed by atoms with Gasteiger partial charge in [-0.05, 0) is 12.8 Å². The Labute approximate surface area is 107 Å². The van der Waals surface area contributed by atoms with Crippen molar-refractivity contribution in [1.29, 1.82) is 0 Å². The van der Waals surface area contributed by atoms with Gasteiger partial charge in [-0.1, -0.05) is 59.3 Å². The number of unbranched alkanes of at least 4 members (excludes halogenated alkanes) is 4. The molecule has 0 atom stereocenters. The normalized spacial score (nSPS) is 17.9. The number of ether oxygens (including phenoxy) is 1. The van der Waals surface area contributed by atoms with Gasteiger partial charge in [0.25, 0.3) is 0 Å². The molecule has 17 heavy (non-hydrogen) atoms. The Bertz CT molecular complexity index is 225. The van der Waals surface area contributed by atoms with Gasteiger partial charge < -0.3 is 4.74 Å². The molecule has 0 amide bonds. The zero-order valence-electron chi connectivity index (χ0n) is 11.9. The van der Waals surface area contributed by atoms with Crippen molar-refractivity contribution in [2.45, 2.75) is 84.1 Å². The topological polar surface area (TPSA) is 21.6 Å². The average molecular weight is 239 g/mol. The lowest BCUT2D eigenvalue weighted by Crippen LogP contribution is -2.28. The van der Waals surface area contributed by atoms with E-state index in [0.717, 1.165) is 18.9 Å². The third-order valence-electron chi connectivity index (χ3n) is 3.66. The van der Waals surface area contributed by atoms with Gasteiger partial charge in [0, 0.05) is 6.42 Å². The summed E-state index contributed by atoms with van der Waals surface area (Å²) in [5, 5.41) is 0. The number of rotatable bonds is 9. The van der Waals surface area contributed by atoms with Gasteiger partial charge in [0.2, 0.25) is 0 Å². The molecule has 0 fully saturated rings. The van der Waals surface area contributed by atoms with Crippen LogP contribution in [-0.2, 0) is 4.74 Å². The highest BCUT2D eigenvalue weighted by atomic mass is 16.5. The Morgan fingerprint density at radius 1 is 1.00 bits per heavy atom. The van der Waals surface area contributed by atoms with Crippen LogP contribution in [0.25, 0.3) is 0 Å². The minimum absolute atomic E-state index is 0.135. The summed E-state index contributed by atoms with van der Waals surface area (Å²) in [5.41, 5.74) is 0.135. The van der Waals surface area contributed by atoms with Crippen molar-refractivity contribution in [2.24, 2.45) is 4.99 Å². The van der Waals surface area contributed by atoms with E-state index in [1.54, 1.807) is 0 Å². The molecule has 2 nitrogen and oxygen atoms in total. The molecule has 0 aromatic heterocycles. The van der Waals surface area contributed by atoms with Crippen molar-refractivity contribution in [3.8, 4) is 0 Å². The van der Waals surface area contributed by atoms with Crippen LogP contribution in [0.2, 0.25) is 0 Å². The van der Waals surface area contributed by atoms with Crippen molar-refractivity contribution >= 4 is 5.90 Å². The van der Waals surface area contributed by atoms with Gasteiger partial charge in [0.1, 0.15) is 6.61 Å². The first kappa shape index (κ1) is 14.5. The van der Waals surface area contributed by atoms with Crippen molar-refractivity contribution in [3.05, 3.63) is 0 Å². The van der Waals surface area contributed by atoms with Crippen molar-refractivity contribution in [2.75, 3.05) is 6.61 Å². The Hall–Kier alpha value is -0.530. The predicted molar refractivity (Wildman–Crippen MR) is 74.7 cm³/mol. The molecule has 1 aliphatic heterocycles. The van der Waals surface area contributed by atoms with E-state index in [1.165, 1.54) is 51.4 Å². The first-order valence-electron chi connectivity index (χ1n) is 7.48. The maximum Gasteiger partial charge on any atom is 0.183 e. The Kier molecular flexibility index (Phi) is 6.61. The molecular weight excluding hydrogens is 210 g/mol. The summed E-state index contributed by atoms with van der Waals surface area (Å²) >= 11 is 0. The van der Waals surface area contributed by atoms with E-state index in [9.17, 15) is 0 Å². The SMILES string of the molecule is CCCCCC1(CCCCC)COC(CC)=N1. The first-order chi connectivity index (χ1) is 8.26. The highest BCUT2D eigenvalue weighted by Gasteiger charge is 2.34. The monoisotopic (exact) mass is 239 g/mol. The lowest BCUT2D eigenvalue weighted by molar-refractivity contribution is 0.223. The highest BCUT2D eigenvalue weighted by molar-refractivity contribution is 5.77. The molecule has 0 saturated heterocycles. The molecule has 0 unspecified atom stereocenters. The Morgan fingerprint density at radius 2 is 1.59 bits per heavy atom. The lowest BCUT2D eigenvalue weighted by Gasteiger charge is -2.24. The van der Waals surface area contributed by atoms with Crippen LogP contribution in [0, 0.1) is 0 Å². The molecule has 0 bridgehead atoms. The van der Waals surface area contributed by atoms with E-state index in [2.05, 4.69) is 20.8 Å². The fraction of sp³-hybridized carbons (Fsp3) is 0.933. The molecule has 0 aromatic rings. The van der Waals surface area contributed by atoms with E-state index < -0.39 is 0 Å². The zero-order chi connectivity index (χ0) is 12.6. The molecule has 100 valence electrons. The molecule has 0 spiro atoms. The largest absolute Gasteiger partial charge is 0.478 e. The second-order valence-electron chi connectivity index (χ2n) is 5.29. The van der Waals surface area contributed by atoms with Crippen LogP contribution in [0.3, 0.4) is 0 Å². The number of hydrogen-bond acceptors (Lipinski definition) is 2. The third-order valence-corrected chi connectivity index (χ3v) is 3.66. The zero-order valence-corrected chi connectivity index (χ0v) is 11.9. The van der Waals surface area contributed by atoms with E-state index >= 15 is 0 Å². The molecular formula is C15H29NO. The summed E-state index contributed by atoms with van der Waals surface area (Å²) in [6.07, 6.45) is 11.2. The third kappa shape index (κ3) is 4.69. The maximum atomic E-state index is 5.73. The molecule has 0 N–H and O–H groups in total. The minimum atomic E-state index is 0.135. The smallest absolute Gasteiger partial charge is 0.183 e. The van der Waals surface area contributed by atoms with Crippen LogP contribution in [0.4, 0.5) is 0 Å². The molecule has 1 aliphatic rings. The second-order valence-corrected chi connectivity index (χ2v) is 5.29. The summed E-state index contributed by atoms with van der Waals surface area (Å²) in [7, 11) is 0. The summed E-state index contributed by atoms with van der Waals surface area (Å²) in [6.45, 7) is 7.49. The Balaban J connectivity index is 2.49. The van der Waals surface area contributed by atoms with Crippen LogP contribution in [0.5, 0.6) is 0 Å². The van der Waals surface area contributed by atoms with Crippen molar-refractivity contribution in [1.82, 2.24) is 0 Å². The fourth-order valence-corrected chi connectivity index (χ4v) is 2.52. The predicted octanol–water partition coefficient (Wildman–Crippen LogP) is 4.72. The number of aliphatic imine (C=N–C) groups is 1. The lowest BCUT2D eigenvalue weighted by atomic mass is 9.88. The summed E-state index contributed by atoms with van der Waals surface area (Å²) in [6, 6.07) is 0. The van der Waals surface area contributed by atoms with E-state index in [1.807, 2.05) is 0 Å². The highest BCUT2D eigenvalue weighted by Crippen LogP contribution is 2.31. The summed E-state index contributed by atoms with van der Waals surface area (Å²) in [4.78, 5) is 4.88. The standard InChI is InChI=1S/C15H29NO/c1-4-7-9-11-15(12-10-8-5-2)13-17-14(6-3)16-15/h4-13H2,1-3H3. The summed E-state index contributed by atoms with van der Waals surface area (Å²) in [5.74, 6) is 0.984. The van der Waals surface area contributed by atoms with Gasteiger partial charge >= 0.3 is 0 Å². The number of nitrogens with zero attached hydrogens (tertiary/aromatic N) is 1. The second kappa shape index (κ2) is 7.73. The molecule has 1 rings (SSSR count). The maximum absolute atomic E-state index is 5.73. The average Bonchev–Trinajstić information content (AvgIpc) is 2.74. The van der Waals surface area contributed by atoms with Gasteiger partial charge in [0.15, 0.2) is 5.90 Å². The van der Waals surface area contributed by atoms with Gasteiger partial charge in [0.05, 0.1) is 5.54 Å². The van der Waals surface area contributed by atoms with Crippen molar-refractivity contribution < 1.29 is 4.74 Å². The van der Waals surface area contributed by atoms with Gasteiger partial charge in [-0.15, -0.1) is 0 Å². The van der Waals surface area contributed by atoms with Crippen LogP contribution in [-0.4, -0.2) is 18.0 Å².